The lowest BCUT2D eigenvalue weighted by Gasteiger charge is -2.29. The van der Waals surface area contributed by atoms with E-state index in [2.05, 4.69) is 39.2 Å². The number of aliphatic hydroxyl groups excluding tert-OH is 1. The zero-order valence-electron chi connectivity index (χ0n) is 22.1. The Morgan fingerprint density at radius 1 is 1.03 bits per heavy atom. The molecule has 0 spiro atoms. The fourth-order valence-corrected chi connectivity index (χ4v) is 3.94. The number of methoxy groups -OCH3 is 1. The van der Waals surface area contributed by atoms with Crippen LogP contribution in [0.15, 0.2) is 67.3 Å². The molecule has 0 radical (unpaired) electrons. The number of aliphatic hydroxyl groups is 1. The van der Waals surface area contributed by atoms with Crippen molar-refractivity contribution in [3.8, 4) is 23.1 Å². The summed E-state index contributed by atoms with van der Waals surface area (Å²) in [6.45, 7) is 13.9. The first-order chi connectivity index (χ1) is 17.3. The minimum absolute atomic E-state index is 0.174. The van der Waals surface area contributed by atoms with Crippen LogP contribution in [0.2, 0.25) is 0 Å². The van der Waals surface area contributed by atoms with Gasteiger partial charge in [0, 0.05) is 19.1 Å². The highest BCUT2D eigenvalue weighted by atomic mass is 16.5. The normalized spacial score (nSPS) is 12.4. The molecule has 2 aromatic carbocycles. The van der Waals surface area contributed by atoms with E-state index in [0.29, 0.717) is 25.6 Å². The average Bonchev–Trinajstić information content (AvgIpc) is 3.22. The molecule has 0 fully saturated rings. The highest BCUT2D eigenvalue weighted by molar-refractivity contribution is 5.46. The molecule has 0 saturated carbocycles. The minimum atomic E-state index is -0.620. The van der Waals surface area contributed by atoms with Gasteiger partial charge in [0.15, 0.2) is 0 Å². The highest BCUT2D eigenvalue weighted by Gasteiger charge is 2.26. The maximum absolute atomic E-state index is 10.6. The van der Waals surface area contributed by atoms with Crippen LogP contribution in [0.3, 0.4) is 0 Å². The molecule has 0 aliphatic carbocycles. The number of rotatable bonds is 14. The second-order valence-electron chi connectivity index (χ2n) is 9.35. The van der Waals surface area contributed by atoms with Gasteiger partial charge < -0.3 is 19.3 Å². The third kappa shape index (κ3) is 7.20. The number of ether oxygens (including phenoxy) is 3. The van der Waals surface area contributed by atoms with E-state index in [9.17, 15) is 5.11 Å². The molecule has 1 atom stereocenters. The third-order valence-corrected chi connectivity index (χ3v) is 5.87. The number of aromatic nitrogens is 2. The number of para-hydroxylation sites is 1. The van der Waals surface area contributed by atoms with Crippen LogP contribution >= 0.6 is 0 Å². The maximum atomic E-state index is 10.6. The van der Waals surface area contributed by atoms with E-state index in [1.807, 2.05) is 59.3 Å². The van der Waals surface area contributed by atoms with E-state index in [1.54, 1.807) is 13.2 Å². The molecule has 3 aromatic rings. The lowest BCUT2D eigenvalue weighted by atomic mass is 10.0. The Hall–Kier alpha value is -3.13. The number of hydrogen-bond donors (Lipinski definition) is 1. The largest absolute Gasteiger partial charge is 0.497 e. The van der Waals surface area contributed by atoms with Gasteiger partial charge in [0.2, 0.25) is 5.88 Å². The van der Waals surface area contributed by atoms with Gasteiger partial charge in [-0.3, -0.25) is 4.90 Å². The molecular formula is C29H39N3O4. The Balaban J connectivity index is 2.03. The second-order valence-corrected chi connectivity index (χ2v) is 9.35. The summed E-state index contributed by atoms with van der Waals surface area (Å²) in [6, 6.07) is 17.7. The fraction of sp³-hybridized carbons (Fsp3) is 0.414. The molecule has 1 N–H and O–H groups in total. The van der Waals surface area contributed by atoms with Crippen LogP contribution in [0.5, 0.6) is 17.4 Å². The molecule has 7 heteroatoms. The predicted molar refractivity (Wildman–Crippen MR) is 143 cm³/mol. The third-order valence-electron chi connectivity index (χ3n) is 5.87. The summed E-state index contributed by atoms with van der Waals surface area (Å²) in [6.07, 6.45) is 1.06. The smallest absolute Gasteiger partial charge is 0.227 e. The first-order valence-electron chi connectivity index (χ1n) is 12.4. The van der Waals surface area contributed by atoms with Crippen LogP contribution in [-0.4, -0.2) is 58.8 Å². The van der Waals surface area contributed by atoms with Crippen LogP contribution in [0.4, 0.5) is 0 Å². The van der Waals surface area contributed by atoms with E-state index < -0.39 is 6.10 Å². The van der Waals surface area contributed by atoms with Crippen molar-refractivity contribution in [2.24, 2.45) is 0 Å². The summed E-state index contributed by atoms with van der Waals surface area (Å²) < 4.78 is 19.2. The van der Waals surface area contributed by atoms with Gasteiger partial charge in [0.05, 0.1) is 43.4 Å². The van der Waals surface area contributed by atoms with Gasteiger partial charge in [-0.1, -0.05) is 38.1 Å². The summed E-state index contributed by atoms with van der Waals surface area (Å²) in [4.78, 5) is 2.22. The van der Waals surface area contributed by atoms with Gasteiger partial charge in [-0.15, -0.1) is 6.58 Å². The van der Waals surface area contributed by atoms with Crippen molar-refractivity contribution in [2.75, 3.05) is 26.9 Å². The fourth-order valence-electron chi connectivity index (χ4n) is 3.94. The van der Waals surface area contributed by atoms with Crippen molar-refractivity contribution in [3.63, 3.8) is 0 Å². The second kappa shape index (κ2) is 13.3. The molecule has 3 rings (SSSR count). The lowest BCUT2D eigenvalue weighted by molar-refractivity contribution is 0.0176. The highest BCUT2D eigenvalue weighted by Crippen LogP contribution is 2.35. The molecule has 36 heavy (non-hydrogen) atoms. The van der Waals surface area contributed by atoms with Gasteiger partial charge in [0.25, 0.3) is 0 Å². The Morgan fingerprint density at radius 3 is 2.31 bits per heavy atom. The standard InChI is InChI=1S/C29H39N3O4/c1-7-17-35-20-24(33)18-31(22(4)5)19-27-28(21(2)3)30-32(23-13-15-25(34-6)16-14-23)29(27)36-26-11-9-8-10-12-26/h7-16,21-22,24,33H,1,17-20H2,2-6H3. The molecule has 0 aliphatic heterocycles. The molecule has 194 valence electrons. The molecule has 0 amide bonds. The van der Waals surface area contributed by atoms with Crippen LogP contribution in [-0.2, 0) is 11.3 Å². The Bertz CT molecular complexity index is 1080. The van der Waals surface area contributed by atoms with E-state index in [1.165, 1.54) is 0 Å². The van der Waals surface area contributed by atoms with Crippen LogP contribution in [0.25, 0.3) is 5.69 Å². The van der Waals surface area contributed by atoms with Crippen molar-refractivity contribution < 1.29 is 19.3 Å². The Morgan fingerprint density at radius 2 is 1.72 bits per heavy atom. The first kappa shape index (κ1) is 27.5. The SMILES string of the molecule is C=CCOCC(O)CN(Cc1c(C(C)C)nn(-c2ccc(OC)cc2)c1Oc1ccccc1)C(C)C. The van der Waals surface area contributed by atoms with Crippen LogP contribution in [0, 0.1) is 0 Å². The van der Waals surface area contributed by atoms with Crippen molar-refractivity contribution >= 4 is 0 Å². The maximum Gasteiger partial charge on any atom is 0.227 e. The summed E-state index contributed by atoms with van der Waals surface area (Å²) in [5.74, 6) is 2.35. The van der Waals surface area contributed by atoms with Crippen LogP contribution < -0.4 is 9.47 Å². The van der Waals surface area contributed by atoms with E-state index in [4.69, 9.17) is 19.3 Å². The van der Waals surface area contributed by atoms with Gasteiger partial charge in [-0.05, 0) is 56.2 Å². The number of nitrogens with zero attached hydrogens (tertiary/aromatic N) is 3. The van der Waals surface area contributed by atoms with Gasteiger partial charge in [-0.25, -0.2) is 4.68 Å². The van der Waals surface area contributed by atoms with E-state index in [-0.39, 0.29) is 18.6 Å². The summed E-state index contributed by atoms with van der Waals surface area (Å²) in [5, 5.41) is 15.6. The van der Waals surface area contributed by atoms with Gasteiger partial charge in [-0.2, -0.15) is 5.10 Å². The molecule has 1 aromatic heterocycles. The van der Waals surface area contributed by atoms with Gasteiger partial charge >= 0.3 is 0 Å². The van der Waals surface area contributed by atoms with Gasteiger partial charge in [0.1, 0.15) is 11.5 Å². The quantitative estimate of drug-likeness (QED) is 0.234. The Kier molecular flexibility index (Phi) is 10.1. The van der Waals surface area contributed by atoms with Crippen molar-refractivity contribution in [3.05, 3.63) is 78.5 Å². The van der Waals surface area contributed by atoms with Crippen LogP contribution in [0.1, 0.15) is 44.9 Å². The zero-order chi connectivity index (χ0) is 26.1. The molecule has 0 aliphatic rings. The summed E-state index contributed by atoms with van der Waals surface area (Å²) in [7, 11) is 1.65. The zero-order valence-corrected chi connectivity index (χ0v) is 22.1. The molecular weight excluding hydrogens is 454 g/mol. The monoisotopic (exact) mass is 493 g/mol. The molecule has 0 saturated heterocycles. The average molecular weight is 494 g/mol. The van der Waals surface area contributed by atoms with Crippen molar-refractivity contribution in [1.29, 1.82) is 0 Å². The molecule has 7 nitrogen and oxygen atoms in total. The lowest BCUT2D eigenvalue weighted by Crippen LogP contribution is -2.39. The molecule has 1 unspecified atom stereocenters. The topological polar surface area (TPSA) is 69.0 Å². The first-order valence-corrected chi connectivity index (χ1v) is 12.4. The summed E-state index contributed by atoms with van der Waals surface area (Å²) >= 11 is 0. The van der Waals surface area contributed by atoms with E-state index >= 15 is 0 Å². The molecule has 0 bridgehead atoms. The van der Waals surface area contributed by atoms with Crippen molar-refractivity contribution in [1.82, 2.24) is 14.7 Å². The summed E-state index contributed by atoms with van der Waals surface area (Å²) in [5.41, 5.74) is 2.83. The minimum Gasteiger partial charge on any atom is -0.497 e. The van der Waals surface area contributed by atoms with E-state index in [0.717, 1.165) is 28.4 Å². The molecule has 1 heterocycles. The number of hydrogen-bond acceptors (Lipinski definition) is 6. The van der Waals surface area contributed by atoms with Crippen molar-refractivity contribution in [2.45, 2.75) is 52.3 Å². The predicted octanol–water partition coefficient (Wildman–Crippen LogP) is 5.57. The number of benzene rings is 2. The Labute approximate surface area is 214 Å².